The molecule has 0 aliphatic heterocycles. The van der Waals surface area contributed by atoms with Crippen molar-refractivity contribution >= 4 is 13.5 Å². The lowest BCUT2D eigenvalue weighted by Crippen LogP contribution is -2.11. The summed E-state index contributed by atoms with van der Waals surface area (Å²) in [5.41, 5.74) is 4.56. The molecule has 0 saturated heterocycles. The van der Waals surface area contributed by atoms with Gasteiger partial charge in [-0.25, -0.2) is 0 Å². The summed E-state index contributed by atoms with van der Waals surface area (Å²) in [6, 6.07) is 0. The zero-order valence-electron chi connectivity index (χ0n) is 5.31. The van der Waals surface area contributed by atoms with E-state index < -0.39 is 13.5 Å². The van der Waals surface area contributed by atoms with E-state index in [0.717, 1.165) is 0 Å². The van der Waals surface area contributed by atoms with E-state index in [4.69, 9.17) is 15.5 Å². The summed E-state index contributed by atoms with van der Waals surface area (Å²) in [5.74, 6) is -0.293. The third-order valence-electron chi connectivity index (χ3n) is 0.750. The fraction of sp³-hybridized carbons (Fsp3) is 0.250. The van der Waals surface area contributed by atoms with Crippen LogP contribution in [0.2, 0.25) is 0 Å². The molecule has 5 nitrogen and oxygen atoms in total. The molecule has 0 aliphatic carbocycles. The van der Waals surface area contributed by atoms with Gasteiger partial charge in [-0.2, -0.15) is 0 Å². The van der Waals surface area contributed by atoms with Crippen LogP contribution in [0, 0.1) is 0 Å². The lowest BCUT2D eigenvalue weighted by Gasteiger charge is -1.96. The minimum Gasteiger partial charge on any atom is -0.366 e. The average molecular weight is 165 g/mol. The predicted molar refractivity (Wildman–Crippen MR) is 35.0 cm³/mol. The Bertz CT molecular complexity index is 215. The Kier molecular flexibility index (Phi) is 2.77. The molecular weight excluding hydrogens is 157 g/mol. The second-order valence-electron chi connectivity index (χ2n) is 1.77. The first-order valence-electron chi connectivity index (χ1n) is 2.37. The maximum absolute atomic E-state index is 10.2. The normalized spacial score (nSPS) is 13.3. The van der Waals surface area contributed by atoms with Crippen molar-refractivity contribution in [2.24, 2.45) is 5.73 Å². The summed E-state index contributed by atoms with van der Waals surface area (Å²) in [5, 5.41) is 0. The van der Waals surface area contributed by atoms with Crippen molar-refractivity contribution in [3.8, 4) is 0 Å². The monoisotopic (exact) mass is 165 g/mol. The summed E-state index contributed by atoms with van der Waals surface area (Å²) in [6.07, 6.45) is 0. The van der Waals surface area contributed by atoms with Crippen LogP contribution in [0.4, 0.5) is 0 Å². The molecule has 0 radical (unpaired) electrons. The van der Waals surface area contributed by atoms with E-state index in [1.807, 2.05) is 0 Å². The molecule has 0 atom stereocenters. The molecule has 1 amide bonds. The van der Waals surface area contributed by atoms with Gasteiger partial charge in [0.05, 0.1) is 0 Å². The Morgan fingerprint density at radius 2 is 2.00 bits per heavy atom. The minimum absolute atomic E-state index is 0.131. The van der Waals surface area contributed by atoms with Gasteiger partial charge in [-0.3, -0.25) is 9.36 Å². The van der Waals surface area contributed by atoms with Crippen LogP contribution in [0.1, 0.15) is 6.92 Å². The Morgan fingerprint density at radius 1 is 1.60 bits per heavy atom. The first-order chi connectivity index (χ1) is 4.33. The molecule has 0 fully saturated rings. The van der Waals surface area contributed by atoms with Gasteiger partial charge in [0, 0.05) is 11.4 Å². The molecule has 0 unspecified atom stereocenters. The second-order valence-corrected chi connectivity index (χ2v) is 3.20. The molecule has 0 saturated carbocycles. The van der Waals surface area contributed by atoms with Gasteiger partial charge in [0.1, 0.15) is 0 Å². The van der Waals surface area contributed by atoms with E-state index in [0.29, 0.717) is 5.82 Å². The molecule has 0 heterocycles. The molecule has 0 bridgehead atoms. The molecule has 0 aromatic rings. The topological polar surface area (TPSA) is 101 Å². The average Bonchev–Trinajstić information content (AvgIpc) is 1.60. The minimum atomic E-state index is -4.24. The quantitative estimate of drug-likeness (QED) is 0.381. The van der Waals surface area contributed by atoms with Crippen LogP contribution in [0.3, 0.4) is 0 Å². The van der Waals surface area contributed by atoms with E-state index >= 15 is 0 Å². The van der Waals surface area contributed by atoms with Crippen molar-refractivity contribution in [2.45, 2.75) is 6.92 Å². The van der Waals surface area contributed by atoms with Crippen LogP contribution in [-0.4, -0.2) is 15.7 Å². The molecule has 10 heavy (non-hydrogen) atoms. The van der Waals surface area contributed by atoms with Gasteiger partial charge < -0.3 is 15.5 Å². The van der Waals surface area contributed by atoms with Gasteiger partial charge in [0.25, 0.3) is 0 Å². The van der Waals surface area contributed by atoms with Gasteiger partial charge in [0.15, 0.2) is 0 Å². The number of carbonyl (C=O) groups excluding carboxylic acids is 1. The molecule has 0 rings (SSSR count). The maximum atomic E-state index is 10.2. The highest BCUT2D eigenvalue weighted by Crippen LogP contribution is 2.37. The summed E-state index contributed by atoms with van der Waals surface area (Å²) >= 11 is 0. The van der Waals surface area contributed by atoms with Gasteiger partial charge >= 0.3 is 7.60 Å². The van der Waals surface area contributed by atoms with Crippen molar-refractivity contribution < 1.29 is 19.1 Å². The van der Waals surface area contributed by atoms with E-state index in [1.165, 1.54) is 6.92 Å². The van der Waals surface area contributed by atoms with E-state index in [2.05, 4.69) is 0 Å². The van der Waals surface area contributed by atoms with Crippen molar-refractivity contribution in [3.63, 3.8) is 0 Å². The summed E-state index contributed by atoms with van der Waals surface area (Å²) in [6.45, 7) is 1.24. The van der Waals surface area contributed by atoms with Gasteiger partial charge in [0.2, 0.25) is 5.91 Å². The number of primary amides is 1. The van der Waals surface area contributed by atoms with Crippen molar-refractivity contribution in [3.05, 3.63) is 11.4 Å². The third kappa shape index (κ3) is 4.26. The molecule has 0 aromatic heterocycles. The standard InChI is InChI=1S/C4H8NO4P/c1-3(4(5)6)2-10(7,8)9/h2H,1H3,(H2,5,6)(H2,7,8,9). The Morgan fingerprint density at radius 3 is 2.10 bits per heavy atom. The van der Waals surface area contributed by atoms with Crippen LogP contribution >= 0.6 is 7.60 Å². The molecular formula is C4H8NO4P. The highest BCUT2D eigenvalue weighted by atomic mass is 31.2. The van der Waals surface area contributed by atoms with Crippen LogP contribution in [0.15, 0.2) is 11.4 Å². The lowest BCUT2D eigenvalue weighted by atomic mass is 10.3. The fourth-order valence-electron chi connectivity index (χ4n) is 0.316. The summed E-state index contributed by atoms with van der Waals surface area (Å²) in [4.78, 5) is 26.7. The van der Waals surface area contributed by atoms with Crippen molar-refractivity contribution in [1.82, 2.24) is 0 Å². The molecule has 0 aromatic carbocycles. The summed E-state index contributed by atoms with van der Waals surface area (Å²) in [7, 11) is -4.24. The molecule has 4 N–H and O–H groups in total. The molecule has 0 spiro atoms. The zero-order chi connectivity index (χ0) is 8.36. The van der Waals surface area contributed by atoms with Crippen molar-refractivity contribution in [1.29, 1.82) is 0 Å². The number of carbonyl (C=O) groups is 1. The Balaban J connectivity index is 4.48. The van der Waals surface area contributed by atoms with Crippen LogP contribution in [0.5, 0.6) is 0 Å². The molecule has 58 valence electrons. The van der Waals surface area contributed by atoms with Gasteiger partial charge in [-0.05, 0) is 6.92 Å². The number of amides is 1. The van der Waals surface area contributed by atoms with Crippen LogP contribution < -0.4 is 5.73 Å². The Labute approximate surface area is 57.7 Å². The SMILES string of the molecule is CC(=CP(=O)(O)O)C(N)=O. The number of nitrogens with two attached hydrogens (primary N) is 1. The zero-order valence-corrected chi connectivity index (χ0v) is 6.21. The van der Waals surface area contributed by atoms with E-state index in [1.54, 1.807) is 0 Å². The van der Waals surface area contributed by atoms with Gasteiger partial charge in [-0.15, -0.1) is 0 Å². The first kappa shape index (κ1) is 9.36. The summed E-state index contributed by atoms with van der Waals surface area (Å²) < 4.78 is 10.2. The van der Waals surface area contributed by atoms with Crippen LogP contribution in [0.25, 0.3) is 0 Å². The van der Waals surface area contributed by atoms with E-state index in [-0.39, 0.29) is 5.57 Å². The number of hydrogen-bond acceptors (Lipinski definition) is 2. The van der Waals surface area contributed by atoms with Gasteiger partial charge in [-0.1, -0.05) is 0 Å². The smallest absolute Gasteiger partial charge is 0.349 e. The third-order valence-corrected chi connectivity index (χ3v) is 1.47. The molecule has 0 aliphatic rings. The number of rotatable bonds is 2. The largest absolute Gasteiger partial charge is 0.366 e. The predicted octanol–water partition coefficient (Wildman–Crippen LogP) is -0.447. The van der Waals surface area contributed by atoms with Crippen LogP contribution in [-0.2, 0) is 9.36 Å². The lowest BCUT2D eigenvalue weighted by molar-refractivity contribution is -0.114. The van der Waals surface area contributed by atoms with E-state index in [9.17, 15) is 9.36 Å². The molecule has 6 heteroatoms. The Hall–Kier alpha value is -0.640. The fourth-order valence-corrected chi connectivity index (χ4v) is 0.948. The second kappa shape index (κ2) is 2.96. The number of hydrogen-bond donors (Lipinski definition) is 3. The first-order valence-corrected chi connectivity index (χ1v) is 4.05. The maximum Gasteiger partial charge on any atom is 0.349 e. The van der Waals surface area contributed by atoms with Crippen molar-refractivity contribution in [2.75, 3.05) is 0 Å². The highest BCUT2D eigenvalue weighted by molar-refractivity contribution is 7.55. The highest BCUT2D eigenvalue weighted by Gasteiger charge is 2.10.